The van der Waals surface area contributed by atoms with Crippen molar-refractivity contribution in [3.63, 3.8) is 0 Å². The average Bonchev–Trinajstić information content (AvgIpc) is 2.92. The summed E-state index contributed by atoms with van der Waals surface area (Å²) in [6, 6.07) is -0.232. The fourth-order valence-corrected chi connectivity index (χ4v) is 2.07. The van der Waals surface area contributed by atoms with Gasteiger partial charge in [-0.2, -0.15) is 10.1 Å². The molecule has 1 unspecified atom stereocenters. The second-order valence-corrected chi connectivity index (χ2v) is 4.75. The van der Waals surface area contributed by atoms with Crippen LogP contribution in [0, 0.1) is 0 Å². The van der Waals surface area contributed by atoms with E-state index in [1.165, 1.54) is 17.0 Å². The van der Waals surface area contributed by atoms with E-state index in [-0.39, 0.29) is 18.4 Å². The molecule has 2 aromatic heterocycles. The van der Waals surface area contributed by atoms with Crippen molar-refractivity contribution in [2.45, 2.75) is 39.2 Å². The van der Waals surface area contributed by atoms with Crippen molar-refractivity contribution in [3.8, 4) is 0 Å². The summed E-state index contributed by atoms with van der Waals surface area (Å²) in [5.41, 5.74) is 1.15. The van der Waals surface area contributed by atoms with Crippen LogP contribution in [0.1, 0.15) is 42.7 Å². The summed E-state index contributed by atoms with van der Waals surface area (Å²) in [6.45, 7) is 3.69. The van der Waals surface area contributed by atoms with Gasteiger partial charge in [0.1, 0.15) is 6.33 Å². The Balaban J connectivity index is 2.17. The van der Waals surface area contributed by atoms with E-state index in [2.05, 4.69) is 20.4 Å². The summed E-state index contributed by atoms with van der Waals surface area (Å²) in [4.78, 5) is 30.9. The van der Waals surface area contributed by atoms with Crippen molar-refractivity contribution in [3.05, 3.63) is 23.8 Å². The first-order valence-corrected chi connectivity index (χ1v) is 6.73. The Labute approximate surface area is 121 Å². The molecule has 0 saturated carbocycles. The normalized spacial score (nSPS) is 12.3. The Hall–Kier alpha value is -2.51. The number of carbonyl (C=O) groups excluding carboxylic acids is 1. The first-order valence-electron chi connectivity index (χ1n) is 6.73. The predicted octanol–water partition coefficient (Wildman–Crippen LogP) is 0.670. The quantitative estimate of drug-likeness (QED) is 0.809. The molecule has 2 rings (SSSR count). The number of carboxylic acid groups (broad SMARTS) is 1. The third kappa shape index (κ3) is 3.33. The number of carbonyl (C=O) groups is 2. The molecule has 0 aromatic carbocycles. The van der Waals surface area contributed by atoms with E-state index in [1.54, 1.807) is 6.92 Å². The number of hydrogen-bond acceptors (Lipinski definition) is 5. The topological polar surface area (TPSA) is 109 Å². The highest BCUT2D eigenvalue weighted by molar-refractivity contribution is 5.95. The molecule has 0 aliphatic rings. The van der Waals surface area contributed by atoms with Crippen LogP contribution in [0.2, 0.25) is 0 Å². The summed E-state index contributed by atoms with van der Waals surface area (Å²) in [6.07, 6.45) is 3.86. The number of carboxylic acids is 1. The number of amides is 1. The monoisotopic (exact) mass is 291 g/mol. The largest absolute Gasteiger partial charge is 0.481 e. The SMILES string of the molecule is CCc1c(C(=O)NC(C)CCC(=O)O)cnc2ncnn12. The Morgan fingerprint density at radius 1 is 1.43 bits per heavy atom. The third-order valence-corrected chi connectivity index (χ3v) is 3.15. The van der Waals surface area contributed by atoms with E-state index in [4.69, 9.17) is 5.11 Å². The minimum Gasteiger partial charge on any atom is -0.481 e. The van der Waals surface area contributed by atoms with E-state index in [9.17, 15) is 9.59 Å². The van der Waals surface area contributed by atoms with Crippen LogP contribution in [-0.2, 0) is 11.2 Å². The maximum Gasteiger partial charge on any atom is 0.303 e. The molecule has 0 bridgehead atoms. The number of aryl methyl sites for hydroxylation is 1. The lowest BCUT2D eigenvalue weighted by molar-refractivity contribution is -0.137. The molecule has 0 fully saturated rings. The summed E-state index contributed by atoms with van der Waals surface area (Å²) in [7, 11) is 0. The van der Waals surface area contributed by atoms with Gasteiger partial charge in [-0.1, -0.05) is 6.92 Å². The van der Waals surface area contributed by atoms with Crippen LogP contribution in [0.25, 0.3) is 5.78 Å². The molecule has 0 radical (unpaired) electrons. The molecular weight excluding hydrogens is 274 g/mol. The van der Waals surface area contributed by atoms with Crippen molar-refractivity contribution in [2.24, 2.45) is 0 Å². The van der Waals surface area contributed by atoms with Gasteiger partial charge in [-0.15, -0.1) is 0 Å². The van der Waals surface area contributed by atoms with E-state index in [1.807, 2.05) is 6.92 Å². The predicted molar refractivity (Wildman–Crippen MR) is 74.0 cm³/mol. The summed E-state index contributed by atoms with van der Waals surface area (Å²) in [5.74, 6) is -0.715. The van der Waals surface area contributed by atoms with Crippen LogP contribution in [0.3, 0.4) is 0 Å². The van der Waals surface area contributed by atoms with Gasteiger partial charge >= 0.3 is 5.97 Å². The smallest absolute Gasteiger partial charge is 0.303 e. The van der Waals surface area contributed by atoms with Gasteiger partial charge in [0.05, 0.1) is 11.3 Å². The Morgan fingerprint density at radius 3 is 2.86 bits per heavy atom. The lowest BCUT2D eigenvalue weighted by Crippen LogP contribution is -2.34. The van der Waals surface area contributed by atoms with E-state index in [0.29, 0.717) is 24.2 Å². The maximum atomic E-state index is 12.3. The average molecular weight is 291 g/mol. The molecule has 0 aliphatic carbocycles. The summed E-state index contributed by atoms with van der Waals surface area (Å²) < 4.78 is 1.54. The van der Waals surface area contributed by atoms with Gasteiger partial charge in [-0.25, -0.2) is 9.50 Å². The van der Waals surface area contributed by atoms with Gasteiger partial charge in [0.2, 0.25) is 0 Å². The van der Waals surface area contributed by atoms with Crippen LogP contribution < -0.4 is 5.32 Å². The molecule has 2 N–H and O–H groups in total. The standard InChI is InChI=1S/C13H17N5O3/c1-3-10-9(6-14-13-15-7-16-18(10)13)12(21)17-8(2)4-5-11(19)20/h6-8H,3-5H2,1-2H3,(H,17,21)(H,19,20). The van der Waals surface area contributed by atoms with Crippen molar-refractivity contribution in [2.75, 3.05) is 0 Å². The van der Waals surface area contributed by atoms with Gasteiger partial charge < -0.3 is 10.4 Å². The zero-order valence-electron chi connectivity index (χ0n) is 11.9. The number of nitrogens with one attached hydrogen (secondary N) is 1. The van der Waals surface area contributed by atoms with Gasteiger partial charge in [-0.05, 0) is 19.8 Å². The lowest BCUT2D eigenvalue weighted by atomic mass is 10.1. The molecule has 1 amide bonds. The fourth-order valence-electron chi connectivity index (χ4n) is 2.07. The van der Waals surface area contributed by atoms with Gasteiger partial charge in [-0.3, -0.25) is 9.59 Å². The van der Waals surface area contributed by atoms with Crippen molar-refractivity contribution < 1.29 is 14.7 Å². The maximum absolute atomic E-state index is 12.3. The molecule has 1 atom stereocenters. The number of fused-ring (bicyclic) bond motifs is 1. The highest BCUT2D eigenvalue weighted by Gasteiger charge is 2.17. The van der Waals surface area contributed by atoms with Crippen LogP contribution in [0.4, 0.5) is 0 Å². The zero-order valence-corrected chi connectivity index (χ0v) is 11.9. The first-order chi connectivity index (χ1) is 10.0. The van der Waals surface area contributed by atoms with Crippen molar-refractivity contribution in [1.82, 2.24) is 24.9 Å². The fraction of sp³-hybridized carbons (Fsp3) is 0.462. The van der Waals surface area contributed by atoms with E-state index in [0.717, 1.165) is 5.69 Å². The van der Waals surface area contributed by atoms with Crippen LogP contribution in [-0.4, -0.2) is 42.6 Å². The molecule has 8 nitrogen and oxygen atoms in total. The van der Waals surface area contributed by atoms with Crippen LogP contribution >= 0.6 is 0 Å². The van der Waals surface area contributed by atoms with E-state index >= 15 is 0 Å². The third-order valence-electron chi connectivity index (χ3n) is 3.15. The Bertz CT molecular complexity index is 667. The zero-order chi connectivity index (χ0) is 15.4. The molecule has 2 heterocycles. The molecular formula is C13H17N5O3. The highest BCUT2D eigenvalue weighted by Crippen LogP contribution is 2.10. The summed E-state index contributed by atoms with van der Waals surface area (Å²) in [5, 5.41) is 15.5. The number of hydrogen-bond donors (Lipinski definition) is 2. The van der Waals surface area contributed by atoms with Crippen molar-refractivity contribution >= 4 is 17.7 Å². The number of aromatic nitrogens is 4. The lowest BCUT2D eigenvalue weighted by Gasteiger charge is -2.14. The van der Waals surface area contributed by atoms with Crippen LogP contribution in [0.15, 0.2) is 12.5 Å². The van der Waals surface area contributed by atoms with E-state index < -0.39 is 5.97 Å². The molecule has 2 aromatic rings. The van der Waals surface area contributed by atoms with Gasteiger partial charge in [0.15, 0.2) is 0 Å². The van der Waals surface area contributed by atoms with Gasteiger partial charge in [0, 0.05) is 18.7 Å². The number of nitrogens with zero attached hydrogens (tertiary/aromatic N) is 4. The summed E-state index contributed by atoms with van der Waals surface area (Å²) >= 11 is 0. The Morgan fingerprint density at radius 2 is 2.19 bits per heavy atom. The van der Waals surface area contributed by atoms with Crippen molar-refractivity contribution in [1.29, 1.82) is 0 Å². The second kappa shape index (κ2) is 6.29. The molecule has 21 heavy (non-hydrogen) atoms. The number of aliphatic carboxylic acids is 1. The highest BCUT2D eigenvalue weighted by atomic mass is 16.4. The minimum atomic E-state index is -0.879. The molecule has 0 spiro atoms. The van der Waals surface area contributed by atoms with Crippen LogP contribution in [0.5, 0.6) is 0 Å². The molecule has 8 heteroatoms. The van der Waals surface area contributed by atoms with Gasteiger partial charge in [0.25, 0.3) is 11.7 Å². The molecule has 0 aliphatic heterocycles. The Kier molecular flexibility index (Phi) is 4.46. The second-order valence-electron chi connectivity index (χ2n) is 4.75. The minimum absolute atomic E-state index is 0.0163. The first kappa shape index (κ1) is 14.9. The number of rotatable bonds is 6. The molecule has 0 saturated heterocycles. The molecule has 112 valence electrons.